The first-order chi connectivity index (χ1) is 18.0. The van der Waals surface area contributed by atoms with Crippen LogP contribution < -0.4 is 59.1 Å². The molecule has 41 heavy (non-hydrogen) atoms. The van der Waals surface area contributed by atoms with Crippen LogP contribution in [-0.2, 0) is 29.2 Å². The van der Waals surface area contributed by atoms with Gasteiger partial charge in [-0.1, -0.05) is 40.5 Å². The van der Waals surface area contributed by atoms with Gasteiger partial charge in [-0.15, -0.1) is 0 Å². The van der Waals surface area contributed by atoms with Crippen molar-refractivity contribution in [2.24, 2.45) is 52.3 Å². The standard InChI is InChI=1S/C27H48O10S2.2Na/c1-16(15-36-38(30,31)32)6-5-7-17(2)18-8-9-19-24-20(10-12-26(18,19)3)27(4)13-11-23(37-39(33,34)35)25(29)21(27)14-22(24)28;;/h16-25,28-29H,5-15H2,1-4H3,(H,30,31,32)(H,33,34,35);;/q;2*+1/p-2/t16-,17-,18-,19+,20+,21+,22-,23-,24+,25-,26-,27-;;/m1../s1. The SMILES string of the molecule is C[C@H](CCC[C@@H](C)[C@H]1CC[C@H]2[C@@H]3[C@H](O)C[C@H]4[C@@H](O)[C@H](OS(=O)(=O)[O-])CC[C@]4(C)[C@H]3CC[C@]12C)COS(=O)(=O)[O-].[Na+].[Na+]. The molecule has 0 spiro atoms. The van der Waals surface area contributed by atoms with E-state index in [1.165, 1.54) is 0 Å². The zero-order valence-corrected chi connectivity index (χ0v) is 31.2. The van der Waals surface area contributed by atoms with Crippen molar-refractivity contribution in [1.82, 2.24) is 0 Å². The molecule has 0 heterocycles. The molecule has 0 bridgehead atoms. The first-order valence-corrected chi connectivity index (χ1v) is 17.2. The van der Waals surface area contributed by atoms with Gasteiger partial charge < -0.3 is 19.3 Å². The monoisotopic (exact) mass is 640 g/mol. The molecule has 4 aliphatic carbocycles. The van der Waals surface area contributed by atoms with E-state index in [9.17, 15) is 36.2 Å². The van der Waals surface area contributed by atoms with E-state index in [-0.39, 0.29) is 100 Å². The van der Waals surface area contributed by atoms with Crippen LogP contribution in [0.3, 0.4) is 0 Å². The summed E-state index contributed by atoms with van der Waals surface area (Å²) < 4.78 is 74.9. The zero-order valence-electron chi connectivity index (χ0n) is 25.5. The molecule has 0 radical (unpaired) electrons. The van der Waals surface area contributed by atoms with E-state index in [1.807, 2.05) is 6.92 Å². The van der Waals surface area contributed by atoms with E-state index in [1.54, 1.807) is 0 Å². The normalized spacial score (nSPS) is 42.0. The molecule has 0 unspecified atom stereocenters. The molecular weight excluding hydrogens is 594 g/mol. The summed E-state index contributed by atoms with van der Waals surface area (Å²) >= 11 is 0. The average Bonchev–Trinajstić information content (AvgIpc) is 3.17. The quantitative estimate of drug-likeness (QED) is 0.146. The molecule has 12 atom stereocenters. The maximum Gasteiger partial charge on any atom is 1.00 e. The van der Waals surface area contributed by atoms with Gasteiger partial charge in [0.1, 0.15) is 6.10 Å². The molecule has 14 heteroatoms. The zero-order chi connectivity index (χ0) is 29.0. The Hall–Kier alpha value is 1.66. The second-order valence-corrected chi connectivity index (χ2v) is 15.8. The van der Waals surface area contributed by atoms with Crippen LogP contribution in [0.4, 0.5) is 0 Å². The summed E-state index contributed by atoms with van der Waals surface area (Å²) in [4.78, 5) is 0. The van der Waals surface area contributed by atoms with Crippen molar-refractivity contribution in [2.45, 2.75) is 110 Å². The van der Waals surface area contributed by atoms with Crippen LogP contribution in [0.2, 0.25) is 0 Å². The summed E-state index contributed by atoms with van der Waals surface area (Å²) in [6, 6.07) is 0. The van der Waals surface area contributed by atoms with Crippen LogP contribution >= 0.6 is 0 Å². The number of aliphatic hydroxyl groups is 2. The Morgan fingerprint density at radius 3 is 2.07 bits per heavy atom. The molecule has 0 aromatic rings. The van der Waals surface area contributed by atoms with Crippen molar-refractivity contribution in [1.29, 1.82) is 0 Å². The van der Waals surface area contributed by atoms with E-state index >= 15 is 0 Å². The smallest absolute Gasteiger partial charge is 0.726 e. The van der Waals surface area contributed by atoms with Crippen LogP contribution in [0, 0.1) is 52.3 Å². The number of rotatable bonds is 10. The topological polar surface area (TPSA) is 173 Å². The maximum absolute atomic E-state index is 11.5. The van der Waals surface area contributed by atoms with Crippen molar-refractivity contribution in [2.75, 3.05) is 6.61 Å². The number of fused-ring (bicyclic) bond motifs is 5. The Morgan fingerprint density at radius 2 is 1.46 bits per heavy atom. The molecule has 0 aliphatic heterocycles. The van der Waals surface area contributed by atoms with Gasteiger partial charge in [-0.2, -0.15) is 0 Å². The molecule has 4 rings (SSSR count). The van der Waals surface area contributed by atoms with Gasteiger partial charge in [0.2, 0.25) is 20.8 Å². The third-order valence-corrected chi connectivity index (χ3v) is 12.5. The minimum atomic E-state index is -4.92. The van der Waals surface area contributed by atoms with Gasteiger partial charge >= 0.3 is 59.1 Å². The fourth-order valence-corrected chi connectivity index (χ4v) is 10.7. The fraction of sp³-hybridized carbons (Fsp3) is 1.00. The average molecular weight is 641 g/mol. The van der Waals surface area contributed by atoms with Gasteiger partial charge in [0, 0.05) is 0 Å². The van der Waals surface area contributed by atoms with Crippen molar-refractivity contribution >= 4 is 20.8 Å². The molecule has 10 nitrogen and oxygen atoms in total. The Balaban J connectivity index is 0.00000294. The van der Waals surface area contributed by atoms with Crippen LogP contribution in [0.1, 0.15) is 91.9 Å². The minimum Gasteiger partial charge on any atom is -0.726 e. The Morgan fingerprint density at radius 1 is 0.854 bits per heavy atom. The van der Waals surface area contributed by atoms with Crippen molar-refractivity contribution in [3.05, 3.63) is 0 Å². The van der Waals surface area contributed by atoms with E-state index in [0.717, 1.165) is 44.9 Å². The van der Waals surface area contributed by atoms with Gasteiger partial charge in [-0.25, -0.2) is 16.8 Å². The molecule has 0 aromatic carbocycles. The third-order valence-electron chi connectivity index (χ3n) is 11.6. The summed E-state index contributed by atoms with van der Waals surface area (Å²) in [6.07, 6.45) is 5.45. The first-order valence-electron chi connectivity index (χ1n) is 14.6. The second kappa shape index (κ2) is 14.6. The maximum atomic E-state index is 11.5. The van der Waals surface area contributed by atoms with Crippen LogP contribution in [0.5, 0.6) is 0 Å². The molecular formula is C27H46Na2O10S2. The third kappa shape index (κ3) is 8.53. The summed E-state index contributed by atoms with van der Waals surface area (Å²) in [5, 5.41) is 22.5. The predicted molar refractivity (Wildman–Crippen MR) is 140 cm³/mol. The molecule has 4 fully saturated rings. The van der Waals surface area contributed by atoms with Crippen molar-refractivity contribution < 1.29 is 104 Å². The Labute approximate surface area is 291 Å². The summed E-state index contributed by atoms with van der Waals surface area (Å²) in [6.45, 7) is 8.66. The van der Waals surface area contributed by atoms with Gasteiger partial charge in [0.15, 0.2) is 0 Å². The Bertz CT molecular complexity index is 1090. The van der Waals surface area contributed by atoms with E-state index in [4.69, 9.17) is 4.18 Å². The Kier molecular flexibility index (Phi) is 13.8. The first kappa shape index (κ1) is 38.8. The summed E-state index contributed by atoms with van der Waals surface area (Å²) in [5.41, 5.74) is -0.150. The molecule has 228 valence electrons. The van der Waals surface area contributed by atoms with Crippen LogP contribution in [0.15, 0.2) is 0 Å². The van der Waals surface area contributed by atoms with E-state index < -0.39 is 39.1 Å². The van der Waals surface area contributed by atoms with Crippen molar-refractivity contribution in [3.8, 4) is 0 Å². The van der Waals surface area contributed by atoms with Gasteiger partial charge in [0.05, 0.1) is 18.8 Å². The number of hydrogen-bond acceptors (Lipinski definition) is 10. The van der Waals surface area contributed by atoms with Crippen LogP contribution in [-0.4, -0.2) is 61.1 Å². The van der Waals surface area contributed by atoms with Gasteiger partial charge in [-0.05, 0) is 104 Å². The number of hydrogen-bond donors (Lipinski definition) is 2. The molecule has 4 saturated carbocycles. The number of aliphatic hydroxyl groups excluding tert-OH is 2. The molecule has 0 aromatic heterocycles. The summed E-state index contributed by atoms with van der Waals surface area (Å²) in [7, 11) is -9.58. The van der Waals surface area contributed by atoms with Gasteiger partial charge in [0.25, 0.3) is 0 Å². The van der Waals surface area contributed by atoms with E-state index in [0.29, 0.717) is 37.0 Å². The predicted octanol–water partition coefficient (Wildman–Crippen LogP) is -2.64. The second-order valence-electron chi connectivity index (χ2n) is 13.7. The molecule has 0 saturated heterocycles. The summed E-state index contributed by atoms with van der Waals surface area (Å²) in [5.74, 6) is 1.37. The van der Waals surface area contributed by atoms with E-state index in [2.05, 4.69) is 25.0 Å². The molecule has 0 amide bonds. The largest absolute Gasteiger partial charge is 1.00 e. The minimum absolute atomic E-state index is 0. The molecule has 4 aliphatic rings. The van der Waals surface area contributed by atoms with Crippen molar-refractivity contribution in [3.63, 3.8) is 0 Å². The fourth-order valence-electron chi connectivity index (χ4n) is 9.75. The molecule has 2 N–H and O–H groups in total. The van der Waals surface area contributed by atoms with Crippen LogP contribution in [0.25, 0.3) is 0 Å². The van der Waals surface area contributed by atoms with Gasteiger partial charge in [-0.3, -0.25) is 8.37 Å².